The van der Waals surface area contributed by atoms with Crippen molar-refractivity contribution in [3.05, 3.63) is 77.0 Å². The van der Waals surface area contributed by atoms with Crippen LogP contribution in [0.4, 0.5) is 10.5 Å². The molecule has 1 aliphatic rings. The smallest absolute Gasteiger partial charge is 0.338 e. The summed E-state index contributed by atoms with van der Waals surface area (Å²) in [5.74, 6) is -0.453. The van der Waals surface area contributed by atoms with Gasteiger partial charge in [0.25, 0.3) is 0 Å². The molecule has 3 rings (SSSR count). The first-order chi connectivity index (χ1) is 13.0. The summed E-state index contributed by atoms with van der Waals surface area (Å²) in [6.45, 7) is 1.88. The van der Waals surface area contributed by atoms with Gasteiger partial charge in [-0.25, -0.2) is 9.59 Å². The van der Waals surface area contributed by atoms with E-state index in [-0.39, 0.29) is 12.6 Å². The summed E-state index contributed by atoms with van der Waals surface area (Å²) < 4.78 is 5.49. The largest absolute Gasteiger partial charge is 0.457 e. The minimum Gasteiger partial charge on any atom is -0.457 e. The lowest BCUT2D eigenvalue weighted by atomic mass is 9.95. The van der Waals surface area contributed by atoms with Crippen molar-refractivity contribution in [1.29, 1.82) is 0 Å². The Kier molecular flexibility index (Phi) is 5.45. The topological polar surface area (TPSA) is 70.7 Å². The van der Waals surface area contributed by atoms with Crippen molar-refractivity contribution in [2.24, 2.45) is 0 Å². The third-order valence-electron chi connectivity index (χ3n) is 4.44. The second-order valence-electron chi connectivity index (χ2n) is 6.62. The predicted octanol–water partition coefficient (Wildman–Crippen LogP) is 3.12. The molecular formula is C21H23N3O3. The summed E-state index contributed by atoms with van der Waals surface area (Å²) in [6, 6.07) is 16.3. The zero-order valence-electron chi connectivity index (χ0n) is 15.7. The first-order valence-corrected chi connectivity index (χ1v) is 8.72. The van der Waals surface area contributed by atoms with Crippen LogP contribution < -0.4 is 15.5 Å². The number of carbonyl (C=O) groups is 2. The van der Waals surface area contributed by atoms with Crippen LogP contribution in [0.1, 0.15) is 24.1 Å². The standard InChI is InChI=1S/C21H23N3O3/c1-14-18(20(25)27-13-15-7-5-4-6-8-15)19(23-21(26)22-14)16-9-11-17(12-10-16)24(2)3/h4-12,19H,13H2,1-3H3,(H2,22,23,26)/t19-/m0/s1. The van der Waals surface area contributed by atoms with Crippen molar-refractivity contribution in [3.8, 4) is 0 Å². The van der Waals surface area contributed by atoms with Crippen LogP contribution in [0.2, 0.25) is 0 Å². The van der Waals surface area contributed by atoms with Crippen LogP contribution in [-0.4, -0.2) is 26.1 Å². The molecule has 0 saturated carbocycles. The second kappa shape index (κ2) is 7.95. The number of nitrogens with zero attached hydrogens (tertiary/aromatic N) is 1. The first-order valence-electron chi connectivity index (χ1n) is 8.72. The molecule has 0 radical (unpaired) electrons. The quantitative estimate of drug-likeness (QED) is 0.799. The molecule has 6 heteroatoms. The van der Waals surface area contributed by atoms with E-state index in [0.717, 1.165) is 16.8 Å². The molecule has 0 aromatic heterocycles. The highest BCUT2D eigenvalue weighted by atomic mass is 16.5. The third kappa shape index (κ3) is 4.28. The first kappa shape index (κ1) is 18.5. The molecule has 0 fully saturated rings. The molecule has 0 aliphatic carbocycles. The average molecular weight is 365 g/mol. The van der Waals surface area contributed by atoms with E-state index in [4.69, 9.17) is 4.74 Å². The highest BCUT2D eigenvalue weighted by Crippen LogP contribution is 2.29. The van der Waals surface area contributed by atoms with Gasteiger partial charge in [-0.15, -0.1) is 0 Å². The van der Waals surface area contributed by atoms with Crippen LogP contribution in [0.25, 0.3) is 0 Å². The molecule has 2 amide bonds. The molecule has 1 aliphatic heterocycles. The Hall–Kier alpha value is -3.28. The molecular weight excluding hydrogens is 342 g/mol. The van der Waals surface area contributed by atoms with Gasteiger partial charge in [-0.1, -0.05) is 42.5 Å². The number of benzene rings is 2. The van der Waals surface area contributed by atoms with Gasteiger partial charge in [0, 0.05) is 25.5 Å². The number of hydrogen-bond acceptors (Lipinski definition) is 4. The summed E-state index contributed by atoms with van der Waals surface area (Å²) in [6.07, 6.45) is 0. The second-order valence-corrected chi connectivity index (χ2v) is 6.62. The van der Waals surface area contributed by atoms with Crippen molar-refractivity contribution >= 4 is 17.7 Å². The molecule has 2 aromatic rings. The monoisotopic (exact) mass is 365 g/mol. The van der Waals surface area contributed by atoms with Crippen LogP contribution in [0.5, 0.6) is 0 Å². The van der Waals surface area contributed by atoms with Crippen LogP contribution >= 0.6 is 0 Å². The highest BCUT2D eigenvalue weighted by molar-refractivity contribution is 5.95. The predicted molar refractivity (Wildman–Crippen MR) is 104 cm³/mol. The highest BCUT2D eigenvalue weighted by Gasteiger charge is 2.32. The summed E-state index contributed by atoms with van der Waals surface area (Å²) in [4.78, 5) is 26.7. The Labute approximate surface area is 158 Å². The zero-order chi connectivity index (χ0) is 19.4. The van der Waals surface area contributed by atoms with E-state index >= 15 is 0 Å². The number of allylic oxidation sites excluding steroid dienone is 1. The minimum atomic E-state index is -0.557. The van der Waals surface area contributed by atoms with Gasteiger partial charge in [-0.05, 0) is 30.2 Å². The maximum atomic E-state index is 12.8. The molecule has 0 bridgehead atoms. The van der Waals surface area contributed by atoms with Crippen LogP contribution in [0, 0.1) is 0 Å². The molecule has 2 aromatic carbocycles. The number of amides is 2. The summed E-state index contributed by atoms with van der Waals surface area (Å²) in [5, 5.41) is 5.48. The van der Waals surface area contributed by atoms with Gasteiger partial charge in [0.2, 0.25) is 0 Å². The summed E-state index contributed by atoms with van der Waals surface area (Å²) in [5.41, 5.74) is 3.67. The van der Waals surface area contributed by atoms with Gasteiger partial charge < -0.3 is 20.3 Å². The fourth-order valence-corrected chi connectivity index (χ4v) is 2.98. The fourth-order valence-electron chi connectivity index (χ4n) is 2.98. The summed E-state index contributed by atoms with van der Waals surface area (Å²) >= 11 is 0. The van der Waals surface area contributed by atoms with E-state index in [1.165, 1.54) is 0 Å². The number of ether oxygens (including phenoxy) is 1. The SMILES string of the molecule is CC1=C(C(=O)OCc2ccccc2)[C@H](c2ccc(N(C)C)cc2)NC(=O)N1. The van der Waals surface area contributed by atoms with Crippen LogP contribution in [0.3, 0.4) is 0 Å². The molecule has 0 saturated heterocycles. The number of carbonyl (C=O) groups excluding carboxylic acids is 2. The van der Waals surface area contributed by atoms with E-state index in [9.17, 15) is 9.59 Å². The number of esters is 1. The molecule has 1 heterocycles. The van der Waals surface area contributed by atoms with Crippen LogP contribution in [-0.2, 0) is 16.1 Å². The molecule has 27 heavy (non-hydrogen) atoms. The van der Waals surface area contributed by atoms with Crippen molar-refractivity contribution in [2.75, 3.05) is 19.0 Å². The Balaban J connectivity index is 1.84. The Bertz CT molecular complexity index is 858. The Morgan fingerprint density at radius 1 is 1.07 bits per heavy atom. The van der Waals surface area contributed by atoms with Crippen molar-refractivity contribution in [1.82, 2.24) is 10.6 Å². The third-order valence-corrected chi connectivity index (χ3v) is 4.44. The van der Waals surface area contributed by atoms with E-state index in [1.54, 1.807) is 6.92 Å². The maximum Gasteiger partial charge on any atom is 0.338 e. The molecule has 6 nitrogen and oxygen atoms in total. The normalized spacial score (nSPS) is 16.4. The lowest BCUT2D eigenvalue weighted by Crippen LogP contribution is -2.45. The van der Waals surface area contributed by atoms with Gasteiger partial charge >= 0.3 is 12.0 Å². The number of anilines is 1. The van der Waals surface area contributed by atoms with Gasteiger partial charge in [0.05, 0.1) is 11.6 Å². The zero-order valence-corrected chi connectivity index (χ0v) is 15.7. The van der Waals surface area contributed by atoms with E-state index in [1.807, 2.05) is 73.6 Å². The Morgan fingerprint density at radius 2 is 1.74 bits per heavy atom. The lowest BCUT2D eigenvalue weighted by molar-refractivity contribution is -0.140. The number of rotatable bonds is 5. The van der Waals surface area contributed by atoms with Gasteiger partial charge in [0.1, 0.15) is 6.61 Å². The van der Waals surface area contributed by atoms with Crippen LogP contribution in [0.15, 0.2) is 65.9 Å². The molecule has 140 valence electrons. The lowest BCUT2D eigenvalue weighted by Gasteiger charge is -2.28. The van der Waals surface area contributed by atoms with Crippen molar-refractivity contribution < 1.29 is 14.3 Å². The Morgan fingerprint density at radius 3 is 2.37 bits per heavy atom. The van der Waals surface area contributed by atoms with Crippen molar-refractivity contribution in [3.63, 3.8) is 0 Å². The fraction of sp³-hybridized carbons (Fsp3) is 0.238. The van der Waals surface area contributed by atoms with E-state index in [2.05, 4.69) is 10.6 Å². The van der Waals surface area contributed by atoms with E-state index in [0.29, 0.717) is 11.3 Å². The summed E-state index contributed by atoms with van der Waals surface area (Å²) in [7, 11) is 3.91. The van der Waals surface area contributed by atoms with Crippen molar-refractivity contribution in [2.45, 2.75) is 19.6 Å². The molecule has 1 atom stereocenters. The minimum absolute atomic E-state index is 0.177. The average Bonchev–Trinajstić information content (AvgIpc) is 2.66. The maximum absolute atomic E-state index is 12.8. The number of nitrogens with one attached hydrogen (secondary N) is 2. The molecule has 2 N–H and O–H groups in total. The molecule has 0 unspecified atom stereocenters. The van der Waals surface area contributed by atoms with Gasteiger partial charge in [-0.2, -0.15) is 0 Å². The van der Waals surface area contributed by atoms with E-state index < -0.39 is 12.0 Å². The number of urea groups is 1. The molecule has 0 spiro atoms. The van der Waals surface area contributed by atoms with Gasteiger partial charge in [0.15, 0.2) is 0 Å². The van der Waals surface area contributed by atoms with Gasteiger partial charge in [-0.3, -0.25) is 0 Å². The number of hydrogen-bond donors (Lipinski definition) is 2.